The van der Waals surface area contributed by atoms with Gasteiger partial charge in [0.2, 0.25) is 0 Å². The van der Waals surface area contributed by atoms with Crippen molar-refractivity contribution in [1.82, 2.24) is 15.0 Å². The van der Waals surface area contributed by atoms with Gasteiger partial charge >= 0.3 is 0 Å². The molecule has 106 valence electrons. The van der Waals surface area contributed by atoms with Crippen LogP contribution in [-0.2, 0) is 0 Å². The lowest BCUT2D eigenvalue weighted by molar-refractivity contribution is 0.720. The lowest BCUT2D eigenvalue weighted by atomic mass is 10.2. The van der Waals surface area contributed by atoms with Crippen LogP contribution in [0.5, 0.6) is 0 Å². The highest BCUT2D eigenvalue weighted by Crippen LogP contribution is 2.20. The quantitative estimate of drug-likeness (QED) is 0.790. The highest BCUT2D eigenvalue weighted by molar-refractivity contribution is 5.44. The van der Waals surface area contributed by atoms with Crippen LogP contribution in [0.15, 0.2) is 60.7 Å². The molecule has 0 bridgehead atoms. The van der Waals surface area contributed by atoms with Crippen molar-refractivity contribution in [1.29, 1.82) is 0 Å². The molecule has 4 nitrogen and oxygen atoms in total. The number of nitrogens with zero attached hydrogens (tertiary/aromatic N) is 3. The van der Waals surface area contributed by atoms with Gasteiger partial charge in [0.1, 0.15) is 5.69 Å². The lowest BCUT2D eigenvalue weighted by Crippen LogP contribution is -2.09. The second-order valence-corrected chi connectivity index (χ2v) is 5.03. The molecule has 21 heavy (non-hydrogen) atoms. The topological polar surface area (TPSA) is 42.7 Å². The summed E-state index contributed by atoms with van der Waals surface area (Å²) in [7, 11) is 0. The first kappa shape index (κ1) is 13.4. The number of rotatable bonds is 4. The van der Waals surface area contributed by atoms with Gasteiger partial charge in [-0.15, -0.1) is 0 Å². The van der Waals surface area contributed by atoms with Crippen molar-refractivity contribution in [3.05, 3.63) is 72.1 Å². The van der Waals surface area contributed by atoms with Gasteiger partial charge in [0.15, 0.2) is 0 Å². The predicted molar refractivity (Wildman–Crippen MR) is 84.6 cm³/mol. The number of hydrogen-bond acceptors (Lipinski definition) is 3. The fourth-order valence-corrected chi connectivity index (χ4v) is 2.32. The Morgan fingerprint density at radius 3 is 2.19 bits per heavy atom. The summed E-state index contributed by atoms with van der Waals surface area (Å²) in [5, 5.41) is 12.6. The van der Waals surface area contributed by atoms with Crippen molar-refractivity contribution in [2.75, 3.05) is 5.32 Å². The van der Waals surface area contributed by atoms with Crippen LogP contribution in [0.3, 0.4) is 0 Å². The van der Waals surface area contributed by atoms with E-state index >= 15 is 0 Å². The molecule has 1 atom stereocenters. The lowest BCUT2D eigenvalue weighted by Gasteiger charge is -2.13. The number of nitrogens with one attached hydrogen (secondary N) is 1. The molecular formula is C17H18N4. The molecule has 0 aliphatic rings. The Hall–Kier alpha value is -2.62. The molecule has 0 aliphatic carbocycles. The van der Waals surface area contributed by atoms with E-state index in [1.165, 1.54) is 0 Å². The predicted octanol–water partition coefficient (Wildman–Crippen LogP) is 3.75. The van der Waals surface area contributed by atoms with Gasteiger partial charge in [-0.05, 0) is 38.1 Å². The van der Waals surface area contributed by atoms with Crippen molar-refractivity contribution < 1.29 is 0 Å². The second kappa shape index (κ2) is 5.79. The van der Waals surface area contributed by atoms with Crippen LogP contribution in [0.25, 0.3) is 5.69 Å². The van der Waals surface area contributed by atoms with Crippen molar-refractivity contribution in [2.24, 2.45) is 0 Å². The molecule has 1 aromatic heterocycles. The molecule has 2 aromatic carbocycles. The number of anilines is 1. The van der Waals surface area contributed by atoms with Crippen molar-refractivity contribution in [3.8, 4) is 5.69 Å². The van der Waals surface area contributed by atoms with E-state index < -0.39 is 0 Å². The summed E-state index contributed by atoms with van der Waals surface area (Å²) in [4.78, 5) is 1.69. The number of para-hydroxylation sites is 2. The SMILES string of the molecule is Cc1nn(-c2ccccc2)nc1C(C)Nc1ccccc1. The van der Waals surface area contributed by atoms with E-state index in [-0.39, 0.29) is 6.04 Å². The van der Waals surface area contributed by atoms with E-state index in [0.717, 1.165) is 22.8 Å². The zero-order valence-electron chi connectivity index (χ0n) is 12.2. The molecule has 0 saturated heterocycles. The molecule has 0 saturated carbocycles. The Kier molecular flexibility index (Phi) is 3.69. The van der Waals surface area contributed by atoms with Gasteiger partial charge in [-0.2, -0.15) is 15.0 Å². The Morgan fingerprint density at radius 2 is 1.52 bits per heavy atom. The molecular weight excluding hydrogens is 260 g/mol. The maximum Gasteiger partial charge on any atom is 0.108 e. The molecule has 0 radical (unpaired) electrons. The zero-order chi connectivity index (χ0) is 14.7. The molecule has 3 aromatic rings. The molecule has 1 heterocycles. The maximum atomic E-state index is 4.62. The summed E-state index contributed by atoms with van der Waals surface area (Å²) in [6.07, 6.45) is 0. The molecule has 1 unspecified atom stereocenters. The first-order chi connectivity index (χ1) is 10.2. The first-order valence-corrected chi connectivity index (χ1v) is 7.05. The van der Waals surface area contributed by atoms with Gasteiger partial charge in [-0.3, -0.25) is 0 Å². The van der Waals surface area contributed by atoms with Crippen LogP contribution in [0, 0.1) is 6.92 Å². The van der Waals surface area contributed by atoms with Crippen molar-refractivity contribution >= 4 is 5.69 Å². The standard InChI is InChI=1S/C17H18N4/c1-13(18-15-9-5-3-6-10-15)17-14(2)19-21(20-17)16-11-7-4-8-12-16/h3-13,18H,1-2H3. The highest BCUT2D eigenvalue weighted by Gasteiger charge is 2.15. The summed E-state index contributed by atoms with van der Waals surface area (Å²) in [5.74, 6) is 0. The first-order valence-electron chi connectivity index (χ1n) is 7.05. The largest absolute Gasteiger partial charge is 0.377 e. The van der Waals surface area contributed by atoms with Crippen LogP contribution in [0.4, 0.5) is 5.69 Å². The van der Waals surface area contributed by atoms with Gasteiger partial charge in [0, 0.05) is 5.69 Å². The fraction of sp³-hybridized carbons (Fsp3) is 0.176. The van der Waals surface area contributed by atoms with Gasteiger partial charge in [0.25, 0.3) is 0 Å². The van der Waals surface area contributed by atoms with Gasteiger partial charge in [0.05, 0.1) is 17.4 Å². The Balaban J connectivity index is 1.84. The monoisotopic (exact) mass is 278 g/mol. The van der Waals surface area contributed by atoms with E-state index in [0.29, 0.717) is 0 Å². The zero-order valence-corrected chi connectivity index (χ0v) is 12.2. The minimum absolute atomic E-state index is 0.102. The smallest absolute Gasteiger partial charge is 0.108 e. The Morgan fingerprint density at radius 1 is 0.905 bits per heavy atom. The second-order valence-electron chi connectivity index (χ2n) is 5.03. The Labute approximate surface area is 124 Å². The maximum absolute atomic E-state index is 4.62. The summed E-state index contributed by atoms with van der Waals surface area (Å²) < 4.78 is 0. The summed E-state index contributed by atoms with van der Waals surface area (Å²) >= 11 is 0. The number of aromatic nitrogens is 3. The van der Waals surface area contributed by atoms with Crippen LogP contribution in [0.2, 0.25) is 0 Å². The third-order valence-electron chi connectivity index (χ3n) is 3.37. The minimum Gasteiger partial charge on any atom is -0.377 e. The Bertz CT molecular complexity index is 704. The molecule has 0 aliphatic heterocycles. The number of hydrogen-bond donors (Lipinski definition) is 1. The van der Waals surface area contributed by atoms with E-state index in [1.807, 2.05) is 67.6 Å². The van der Waals surface area contributed by atoms with Crippen LogP contribution in [-0.4, -0.2) is 15.0 Å². The average molecular weight is 278 g/mol. The molecule has 0 fully saturated rings. The van der Waals surface area contributed by atoms with Crippen LogP contribution in [0.1, 0.15) is 24.4 Å². The summed E-state index contributed by atoms with van der Waals surface area (Å²) in [6, 6.07) is 20.2. The van der Waals surface area contributed by atoms with E-state index in [9.17, 15) is 0 Å². The van der Waals surface area contributed by atoms with Gasteiger partial charge < -0.3 is 5.32 Å². The molecule has 0 amide bonds. The average Bonchev–Trinajstić information content (AvgIpc) is 2.91. The fourth-order valence-electron chi connectivity index (χ4n) is 2.32. The minimum atomic E-state index is 0.102. The third kappa shape index (κ3) is 2.94. The van der Waals surface area contributed by atoms with E-state index in [2.05, 4.69) is 22.4 Å². The van der Waals surface area contributed by atoms with Gasteiger partial charge in [-0.25, -0.2) is 0 Å². The van der Waals surface area contributed by atoms with E-state index in [1.54, 1.807) is 4.80 Å². The molecule has 0 spiro atoms. The number of aryl methyl sites for hydroxylation is 1. The summed E-state index contributed by atoms with van der Waals surface area (Å²) in [5.41, 5.74) is 3.95. The molecule has 3 rings (SSSR count). The van der Waals surface area contributed by atoms with Crippen molar-refractivity contribution in [2.45, 2.75) is 19.9 Å². The van der Waals surface area contributed by atoms with Crippen molar-refractivity contribution in [3.63, 3.8) is 0 Å². The number of benzene rings is 2. The van der Waals surface area contributed by atoms with Gasteiger partial charge in [-0.1, -0.05) is 36.4 Å². The molecule has 1 N–H and O–H groups in total. The molecule has 4 heteroatoms. The van der Waals surface area contributed by atoms with E-state index in [4.69, 9.17) is 0 Å². The van der Waals surface area contributed by atoms with Crippen LogP contribution < -0.4 is 5.32 Å². The summed E-state index contributed by atoms with van der Waals surface area (Å²) in [6.45, 7) is 4.09. The third-order valence-corrected chi connectivity index (χ3v) is 3.37. The normalized spacial score (nSPS) is 12.1. The highest BCUT2D eigenvalue weighted by atomic mass is 15.5. The van der Waals surface area contributed by atoms with Crippen LogP contribution >= 0.6 is 0 Å².